The van der Waals surface area contributed by atoms with Crippen molar-refractivity contribution >= 4 is 28.0 Å². The van der Waals surface area contributed by atoms with Crippen LogP contribution in [-0.2, 0) is 0 Å². The first-order chi connectivity index (χ1) is 4.88. The molecule has 0 bridgehead atoms. The Bertz CT molecular complexity index is 359. The summed E-state index contributed by atoms with van der Waals surface area (Å²) in [6.45, 7) is 0. The van der Waals surface area contributed by atoms with Gasteiger partial charge in [-0.15, -0.1) is 22.1 Å². The first-order valence-electron chi connectivity index (χ1n) is 2.87. The number of rotatable bonds is 0. The van der Waals surface area contributed by atoms with E-state index < -0.39 is 0 Å². The molecule has 4 nitrogen and oxygen atoms in total. The van der Waals surface area contributed by atoms with Gasteiger partial charge >= 0.3 is 0 Å². The average Bonchev–Trinajstić information content (AvgIpc) is 2.34. The second-order valence-electron chi connectivity index (χ2n) is 1.97. The van der Waals surface area contributed by atoms with Crippen LogP contribution in [0.1, 0.15) is 0 Å². The zero-order chi connectivity index (χ0) is 6.97. The van der Waals surface area contributed by atoms with E-state index in [0.717, 1.165) is 4.85 Å². The molecular formula is C6H6BrN3O. The highest BCUT2D eigenvalue weighted by atomic mass is 79.9. The molecule has 0 aliphatic heterocycles. The normalized spacial score (nSPS) is 9.45. The van der Waals surface area contributed by atoms with E-state index in [1.165, 1.54) is 0 Å². The Morgan fingerprint density at radius 2 is 2.00 bits per heavy atom. The fourth-order valence-corrected chi connectivity index (χ4v) is 0.857. The van der Waals surface area contributed by atoms with Crippen LogP contribution in [0.3, 0.4) is 0 Å². The summed E-state index contributed by atoms with van der Waals surface area (Å²) in [5.74, 6) is 0. The van der Waals surface area contributed by atoms with Crippen molar-refractivity contribution in [1.29, 1.82) is 0 Å². The Morgan fingerprint density at radius 3 is 2.73 bits per heavy atom. The number of nitrogens with zero attached hydrogens (tertiary/aromatic N) is 3. The van der Waals surface area contributed by atoms with Gasteiger partial charge in [-0.05, 0) is 17.3 Å². The third-order valence-electron chi connectivity index (χ3n) is 1.33. The van der Waals surface area contributed by atoms with E-state index >= 15 is 0 Å². The maximum absolute atomic E-state index is 8.95. The Morgan fingerprint density at radius 1 is 1.27 bits per heavy atom. The molecule has 0 spiro atoms. The van der Waals surface area contributed by atoms with Gasteiger partial charge < -0.3 is 5.21 Å². The molecule has 1 aromatic heterocycles. The number of halogens is 1. The third kappa shape index (κ3) is 1.19. The predicted molar refractivity (Wildman–Crippen MR) is 45.0 cm³/mol. The summed E-state index contributed by atoms with van der Waals surface area (Å²) < 4.78 is 0. The molecule has 1 heterocycles. The summed E-state index contributed by atoms with van der Waals surface area (Å²) in [6.07, 6.45) is 0. The van der Waals surface area contributed by atoms with Gasteiger partial charge in [0.2, 0.25) is 0 Å². The van der Waals surface area contributed by atoms with E-state index in [2.05, 4.69) is 10.3 Å². The van der Waals surface area contributed by atoms with E-state index in [0.29, 0.717) is 11.0 Å². The lowest BCUT2D eigenvalue weighted by molar-refractivity contribution is 0.155. The van der Waals surface area contributed by atoms with Gasteiger partial charge in [-0.3, -0.25) is 0 Å². The van der Waals surface area contributed by atoms with Crippen molar-refractivity contribution in [2.45, 2.75) is 0 Å². The molecule has 0 saturated heterocycles. The van der Waals surface area contributed by atoms with Gasteiger partial charge in [0.25, 0.3) is 0 Å². The molecular weight excluding hydrogens is 210 g/mol. The Hall–Kier alpha value is -1.10. The summed E-state index contributed by atoms with van der Waals surface area (Å²) in [5.41, 5.74) is 1.33. The molecule has 1 N–H and O–H groups in total. The molecule has 58 valence electrons. The smallest absolute Gasteiger partial charge is 0.130 e. The van der Waals surface area contributed by atoms with Crippen LogP contribution in [0, 0.1) is 0 Å². The number of para-hydroxylation sites is 1. The van der Waals surface area contributed by atoms with Gasteiger partial charge in [0, 0.05) is 0 Å². The molecule has 1 aromatic carbocycles. The van der Waals surface area contributed by atoms with Crippen LogP contribution >= 0.6 is 17.0 Å². The summed E-state index contributed by atoms with van der Waals surface area (Å²) >= 11 is 0. The van der Waals surface area contributed by atoms with Crippen molar-refractivity contribution in [3.8, 4) is 0 Å². The van der Waals surface area contributed by atoms with E-state index in [9.17, 15) is 0 Å². The average molecular weight is 216 g/mol. The fraction of sp³-hybridized carbons (Fsp3) is 0. The lowest BCUT2D eigenvalue weighted by Crippen LogP contribution is -1.90. The molecule has 0 aliphatic rings. The van der Waals surface area contributed by atoms with E-state index in [1.54, 1.807) is 12.1 Å². The highest BCUT2D eigenvalue weighted by Gasteiger charge is 1.98. The van der Waals surface area contributed by atoms with Gasteiger partial charge in [0.15, 0.2) is 0 Å². The Balaban J connectivity index is 0.000000605. The minimum absolute atomic E-state index is 0. The van der Waals surface area contributed by atoms with Crippen LogP contribution in [0.25, 0.3) is 11.0 Å². The van der Waals surface area contributed by atoms with Gasteiger partial charge in [-0.25, -0.2) is 0 Å². The van der Waals surface area contributed by atoms with Gasteiger partial charge in [0.1, 0.15) is 11.0 Å². The second kappa shape index (κ2) is 2.87. The lowest BCUT2D eigenvalue weighted by Gasteiger charge is -1.85. The SMILES string of the molecule is Br.On1nnc2ccccc21. The zero-order valence-corrected chi connectivity index (χ0v) is 7.22. The maximum atomic E-state index is 8.95. The van der Waals surface area contributed by atoms with Crippen molar-refractivity contribution in [1.82, 2.24) is 15.2 Å². The molecule has 5 heteroatoms. The standard InChI is InChI=1S/C6H5N3O.BrH/c10-9-6-4-2-1-3-5(6)7-8-9;/h1-4,10H;1H. The molecule has 0 radical (unpaired) electrons. The molecule has 0 unspecified atom stereocenters. The van der Waals surface area contributed by atoms with Crippen LogP contribution < -0.4 is 0 Å². The highest BCUT2D eigenvalue weighted by molar-refractivity contribution is 8.93. The quantitative estimate of drug-likeness (QED) is 0.674. The molecule has 0 amide bonds. The number of hydrogen-bond acceptors (Lipinski definition) is 3. The second-order valence-corrected chi connectivity index (χ2v) is 1.97. The van der Waals surface area contributed by atoms with Crippen LogP contribution in [0.2, 0.25) is 0 Å². The molecule has 11 heavy (non-hydrogen) atoms. The first-order valence-corrected chi connectivity index (χ1v) is 2.87. The highest BCUT2D eigenvalue weighted by Crippen LogP contribution is 2.06. The molecule has 2 aromatic rings. The Labute approximate surface area is 73.2 Å². The van der Waals surface area contributed by atoms with Crippen molar-refractivity contribution in [3.05, 3.63) is 24.3 Å². The third-order valence-corrected chi connectivity index (χ3v) is 1.33. The summed E-state index contributed by atoms with van der Waals surface area (Å²) in [7, 11) is 0. The predicted octanol–water partition coefficient (Wildman–Crippen LogP) is 1.25. The monoisotopic (exact) mass is 215 g/mol. The minimum Gasteiger partial charge on any atom is -0.410 e. The van der Waals surface area contributed by atoms with Crippen molar-refractivity contribution in [2.24, 2.45) is 0 Å². The Kier molecular flexibility index (Phi) is 2.09. The number of benzene rings is 1. The topological polar surface area (TPSA) is 50.9 Å². The summed E-state index contributed by atoms with van der Waals surface area (Å²) in [5, 5.41) is 16.1. The van der Waals surface area contributed by atoms with Gasteiger partial charge in [0.05, 0.1) is 0 Å². The van der Waals surface area contributed by atoms with Crippen LogP contribution in [-0.4, -0.2) is 20.4 Å². The van der Waals surface area contributed by atoms with E-state index in [4.69, 9.17) is 5.21 Å². The fourth-order valence-electron chi connectivity index (χ4n) is 0.857. The van der Waals surface area contributed by atoms with Gasteiger partial charge in [-0.1, -0.05) is 17.0 Å². The summed E-state index contributed by atoms with van der Waals surface area (Å²) in [4.78, 5) is 0.759. The van der Waals surface area contributed by atoms with Gasteiger partial charge in [-0.2, -0.15) is 0 Å². The van der Waals surface area contributed by atoms with E-state index in [-0.39, 0.29) is 17.0 Å². The molecule has 0 saturated carbocycles. The summed E-state index contributed by atoms with van der Waals surface area (Å²) in [6, 6.07) is 7.19. The molecule has 0 aliphatic carbocycles. The largest absolute Gasteiger partial charge is 0.410 e. The zero-order valence-electron chi connectivity index (χ0n) is 5.51. The number of hydrogen-bond donors (Lipinski definition) is 1. The van der Waals surface area contributed by atoms with Crippen LogP contribution in [0.4, 0.5) is 0 Å². The lowest BCUT2D eigenvalue weighted by atomic mass is 10.3. The first kappa shape index (κ1) is 8.00. The molecule has 0 atom stereocenters. The minimum atomic E-state index is 0. The molecule has 2 rings (SSSR count). The molecule has 0 fully saturated rings. The van der Waals surface area contributed by atoms with Crippen molar-refractivity contribution in [2.75, 3.05) is 0 Å². The number of aromatic nitrogens is 3. The van der Waals surface area contributed by atoms with Crippen molar-refractivity contribution < 1.29 is 5.21 Å². The van der Waals surface area contributed by atoms with E-state index in [1.807, 2.05) is 12.1 Å². The maximum Gasteiger partial charge on any atom is 0.130 e. The number of fused-ring (bicyclic) bond motifs is 1. The van der Waals surface area contributed by atoms with Crippen molar-refractivity contribution in [3.63, 3.8) is 0 Å². The van der Waals surface area contributed by atoms with Crippen LogP contribution in [0.5, 0.6) is 0 Å². The van der Waals surface area contributed by atoms with Crippen LogP contribution in [0.15, 0.2) is 24.3 Å².